The predicted molar refractivity (Wildman–Crippen MR) is 60.0 cm³/mol. The van der Waals surface area contributed by atoms with Crippen LogP contribution < -0.4 is 11.1 Å². The third-order valence-electron chi connectivity index (χ3n) is 2.18. The van der Waals surface area contributed by atoms with Crippen molar-refractivity contribution in [2.24, 2.45) is 0 Å². The van der Waals surface area contributed by atoms with E-state index >= 15 is 0 Å². The maximum Gasteiger partial charge on any atom is 0.326 e. The summed E-state index contributed by atoms with van der Waals surface area (Å²) in [5, 5.41) is 11.2. The van der Waals surface area contributed by atoms with Gasteiger partial charge >= 0.3 is 5.97 Å². The van der Waals surface area contributed by atoms with Crippen molar-refractivity contribution in [1.82, 2.24) is 5.32 Å². The Balaban J connectivity index is 2.71. The number of carboxylic acid groups (broad SMARTS) is 1. The van der Waals surface area contributed by atoms with E-state index in [4.69, 9.17) is 10.8 Å². The van der Waals surface area contributed by atoms with Crippen molar-refractivity contribution in [1.29, 1.82) is 0 Å². The molecule has 1 amide bonds. The SMILES string of the molecule is CC[C@@H](NC(=O)c1ccc(N)cc1)C(=O)O. The molecule has 0 fully saturated rings. The van der Waals surface area contributed by atoms with Gasteiger partial charge in [0.05, 0.1) is 0 Å². The summed E-state index contributed by atoms with van der Waals surface area (Å²) in [7, 11) is 0. The Bertz CT molecular complexity index is 387. The van der Waals surface area contributed by atoms with E-state index in [9.17, 15) is 9.59 Å². The van der Waals surface area contributed by atoms with Crippen molar-refractivity contribution in [2.75, 3.05) is 5.73 Å². The van der Waals surface area contributed by atoms with Crippen LogP contribution in [0.3, 0.4) is 0 Å². The highest BCUT2D eigenvalue weighted by molar-refractivity contribution is 5.96. The Morgan fingerprint density at radius 1 is 1.38 bits per heavy atom. The van der Waals surface area contributed by atoms with Crippen LogP contribution >= 0.6 is 0 Å². The van der Waals surface area contributed by atoms with E-state index in [0.29, 0.717) is 17.7 Å². The van der Waals surface area contributed by atoms with Gasteiger partial charge in [-0.3, -0.25) is 4.79 Å². The molecule has 0 saturated heterocycles. The first-order valence-corrected chi connectivity index (χ1v) is 4.93. The zero-order chi connectivity index (χ0) is 12.1. The molecule has 0 unspecified atom stereocenters. The van der Waals surface area contributed by atoms with Gasteiger partial charge in [0, 0.05) is 11.3 Å². The minimum atomic E-state index is -1.04. The number of nitrogen functional groups attached to an aromatic ring is 1. The summed E-state index contributed by atoms with van der Waals surface area (Å²) >= 11 is 0. The number of aliphatic carboxylic acids is 1. The van der Waals surface area contributed by atoms with Gasteiger partial charge in [-0.05, 0) is 30.7 Å². The largest absolute Gasteiger partial charge is 0.480 e. The summed E-state index contributed by atoms with van der Waals surface area (Å²) in [6, 6.07) is 5.44. The predicted octanol–water partition coefficient (Wildman–Crippen LogP) is 0.862. The average molecular weight is 222 g/mol. The van der Waals surface area contributed by atoms with Crippen LogP contribution in [0.15, 0.2) is 24.3 Å². The van der Waals surface area contributed by atoms with Crippen LogP contribution in [0.1, 0.15) is 23.7 Å². The topological polar surface area (TPSA) is 92.4 Å². The molecule has 16 heavy (non-hydrogen) atoms. The highest BCUT2D eigenvalue weighted by Gasteiger charge is 2.18. The second-order valence-corrected chi connectivity index (χ2v) is 3.39. The summed E-state index contributed by atoms with van der Waals surface area (Å²) in [6.07, 6.45) is 0.343. The van der Waals surface area contributed by atoms with Crippen LogP contribution in [-0.4, -0.2) is 23.0 Å². The lowest BCUT2D eigenvalue weighted by Crippen LogP contribution is -2.40. The fraction of sp³-hybridized carbons (Fsp3) is 0.273. The average Bonchev–Trinajstić information content (AvgIpc) is 2.26. The molecule has 0 aliphatic carbocycles. The molecule has 0 heterocycles. The number of carbonyl (C=O) groups excluding carboxylic acids is 1. The van der Waals surface area contributed by atoms with Gasteiger partial charge in [-0.2, -0.15) is 0 Å². The fourth-order valence-electron chi connectivity index (χ4n) is 1.21. The number of hydrogen-bond donors (Lipinski definition) is 3. The van der Waals surface area contributed by atoms with Gasteiger partial charge in [-0.25, -0.2) is 4.79 Å². The molecule has 0 aliphatic heterocycles. The van der Waals surface area contributed by atoms with Crippen molar-refractivity contribution in [2.45, 2.75) is 19.4 Å². The molecule has 0 saturated carbocycles. The van der Waals surface area contributed by atoms with Crippen LogP contribution in [0.2, 0.25) is 0 Å². The monoisotopic (exact) mass is 222 g/mol. The summed E-state index contributed by atoms with van der Waals surface area (Å²) in [4.78, 5) is 22.3. The first kappa shape index (κ1) is 12.0. The molecule has 0 aromatic heterocycles. The molecule has 1 aromatic carbocycles. The number of rotatable bonds is 4. The normalized spacial score (nSPS) is 11.8. The third-order valence-corrected chi connectivity index (χ3v) is 2.18. The third kappa shape index (κ3) is 2.98. The Morgan fingerprint density at radius 3 is 2.38 bits per heavy atom. The minimum absolute atomic E-state index is 0.343. The van der Waals surface area contributed by atoms with Gasteiger partial charge in [0.15, 0.2) is 0 Å². The lowest BCUT2D eigenvalue weighted by Gasteiger charge is -2.12. The van der Waals surface area contributed by atoms with Gasteiger partial charge in [-0.15, -0.1) is 0 Å². The number of nitrogens with two attached hydrogens (primary N) is 1. The molecular weight excluding hydrogens is 208 g/mol. The zero-order valence-electron chi connectivity index (χ0n) is 8.93. The van der Waals surface area contributed by atoms with E-state index in [-0.39, 0.29) is 0 Å². The number of anilines is 1. The van der Waals surface area contributed by atoms with Crippen molar-refractivity contribution >= 4 is 17.6 Å². The smallest absolute Gasteiger partial charge is 0.326 e. The molecule has 1 rings (SSSR count). The number of carbonyl (C=O) groups is 2. The molecule has 0 radical (unpaired) electrons. The Morgan fingerprint density at radius 2 is 1.94 bits per heavy atom. The molecule has 4 N–H and O–H groups in total. The van der Waals surface area contributed by atoms with E-state index in [0.717, 1.165) is 0 Å². The number of benzene rings is 1. The molecule has 0 aliphatic rings. The molecule has 1 aromatic rings. The van der Waals surface area contributed by atoms with Crippen LogP contribution in [0.25, 0.3) is 0 Å². The van der Waals surface area contributed by atoms with Gasteiger partial charge in [0.2, 0.25) is 0 Å². The highest BCUT2D eigenvalue weighted by atomic mass is 16.4. The van der Waals surface area contributed by atoms with Gasteiger partial charge in [0.1, 0.15) is 6.04 Å². The lowest BCUT2D eigenvalue weighted by atomic mass is 10.1. The molecule has 0 spiro atoms. The van der Waals surface area contributed by atoms with Crippen molar-refractivity contribution in [3.8, 4) is 0 Å². The van der Waals surface area contributed by atoms with Gasteiger partial charge in [-0.1, -0.05) is 6.92 Å². The number of hydrogen-bond acceptors (Lipinski definition) is 3. The zero-order valence-corrected chi connectivity index (χ0v) is 8.93. The molecule has 0 bridgehead atoms. The number of nitrogens with one attached hydrogen (secondary N) is 1. The number of carboxylic acids is 1. The fourth-order valence-corrected chi connectivity index (χ4v) is 1.21. The second kappa shape index (κ2) is 5.16. The van der Waals surface area contributed by atoms with E-state index in [1.54, 1.807) is 31.2 Å². The maximum absolute atomic E-state index is 11.6. The summed E-state index contributed by atoms with van der Waals surface area (Å²) in [6.45, 7) is 1.70. The lowest BCUT2D eigenvalue weighted by molar-refractivity contribution is -0.139. The maximum atomic E-state index is 11.6. The van der Waals surface area contributed by atoms with Crippen LogP contribution in [-0.2, 0) is 4.79 Å². The molecular formula is C11H14N2O3. The van der Waals surface area contributed by atoms with Crippen LogP contribution in [0, 0.1) is 0 Å². The van der Waals surface area contributed by atoms with E-state index < -0.39 is 17.9 Å². The van der Waals surface area contributed by atoms with Gasteiger partial charge in [0.25, 0.3) is 5.91 Å². The van der Waals surface area contributed by atoms with Crippen molar-refractivity contribution in [3.05, 3.63) is 29.8 Å². The van der Waals surface area contributed by atoms with Crippen molar-refractivity contribution < 1.29 is 14.7 Å². The van der Waals surface area contributed by atoms with E-state index in [1.165, 1.54) is 0 Å². The summed E-state index contributed by atoms with van der Waals surface area (Å²) < 4.78 is 0. The summed E-state index contributed by atoms with van der Waals surface area (Å²) in [5.74, 6) is -1.44. The number of amides is 1. The molecule has 5 nitrogen and oxygen atoms in total. The first-order valence-electron chi connectivity index (χ1n) is 4.93. The van der Waals surface area contributed by atoms with E-state index in [1.807, 2.05) is 0 Å². The van der Waals surface area contributed by atoms with Crippen LogP contribution in [0.4, 0.5) is 5.69 Å². The Kier molecular flexibility index (Phi) is 3.88. The van der Waals surface area contributed by atoms with Crippen molar-refractivity contribution in [3.63, 3.8) is 0 Å². The first-order chi connectivity index (χ1) is 7.54. The molecule has 1 atom stereocenters. The minimum Gasteiger partial charge on any atom is -0.480 e. The van der Waals surface area contributed by atoms with Gasteiger partial charge < -0.3 is 16.2 Å². The standard InChI is InChI=1S/C11H14N2O3/c1-2-9(11(15)16)13-10(14)7-3-5-8(12)6-4-7/h3-6,9H,2,12H2,1H3,(H,13,14)(H,15,16)/t9-/m1/s1. The molecule has 5 heteroatoms. The second-order valence-electron chi connectivity index (χ2n) is 3.39. The van der Waals surface area contributed by atoms with Crippen LogP contribution in [0.5, 0.6) is 0 Å². The molecule has 86 valence electrons. The Hall–Kier alpha value is -2.04. The highest BCUT2D eigenvalue weighted by Crippen LogP contribution is 2.06. The Labute approximate surface area is 93.3 Å². The quantitative estimate of drug-likeness (QED) is 0.659. The van der Waals surface area contributed by atoms with E-state index in [2.05, 4.69) is 5.32 Å². The summed E-state index contributed by atoms with van der Waals surface area (Å²) in [5.41, 5.74) is 6.43.